The third-order valence-corrected chi connectivity index (χ3v) is 7.18. The normalized spacial score (nSPS) is 26.4. The van der Waals surface area contributed by atoms with Crippen molar-refractivity contribution in [3.63, 3.8) is 0 Å². The average Bonchev–Trinajstić information content (AvgIpc) is 3.06. The molecule has 2 aromatic rings. The molecule has 2 aliphatic rings. The molecule has 7 nitrogen and oxygen atoms in total. The van der Waals surface area contributed by atoms with Crippen molar-refractivity contribution < 1.29 is 19.7 Å². The second-order valence-corrected chi connectivity index (χ2v) is 9.34. The molecule has 1 aromatic carbocycles. The van der Waals surface area contributed by atoms with Gasteiger partial charge in [0.05, 0.1) is 12.0 Å². The number of aliphatic hydroxyl groups is 2. The lowest BCUT2D eigenvalue weighted by Crippen LogP contribution is -2.51. The summed E-state index contributed by atoms with van der Waals surface area (Å²) in [6, 6.07) is 7.29. The smallest absolute Gasteiger partial charge is 0.332 e. The minimum Gasteiger partial charge on any atom is -0.407 e. The van der Waals surface area contributed by atoms with Crippen LogP contribution in [0.3, 0.4) is 0 Å². The summed E-state index contributed by atoms with van der Waals surface area (Å²) in [7, 11) is 1.72. The van der Waals surface area contributed by atoms with E-state index in [1.165, 1.54) is 0 Å². The number of fused-ring (bicyclic) bond motifs is 1. The quantitative estimate of drug-likeness (QED) is 0.246. The van der Waals surface area contributed by atoms with E-state index < -0.39 is 23.3 Å². The van der Waals surface area contributed by atoms with E-state index in [1.807, 2.05) is 24.3 Å². The summed E-state index contributed by atoms with van der Waals surface area (Å²) in [6.45, 7) is 3.91. The fraction of sp³-hybridized carbons (Fsp3) is 0.462. The number of benzene rings is 1. The summed E-state index contributed by atoms with van der Waals surface area (Å²) < 4.78 is 10.7. The predicted molar refractivity (Wildman–Crippen MR) is 125 cm³/mol. The SMILES string of the molecule is CC#Cc1cncc(-c2ccc3c(c2)C(C(O)(O)OC(=N)N)[C@@]2(CC[C@@H](OC)[C@H](C)C2)C3)c1. The van der Waals surface area contributed by atoms with E-state index in [1.54, 1.807) is 26.4 Å². The lowest BCUT2D eigenvalue weighted by atomic mass is 9.62. The summed E-state index contributed by atoms with van der Waals surface area (Å²) in [5, 5.41) is 29.7. The highest BCUT2D eigenvalue weighted by atomic mass is 16.8. The van der Waals surface area contributed by atoms with Crippen LogP contribution in [0, 0.1) is 28.6 Å². The molecule has 1 unspecified atom stereocenters. The highest BCUT2D eigenvalue weighted by Gasteiger charge is 2.59. The van der Waals surface area contributed by atoms with E-state index in [9.17, 15) is 10.2 Å². The average molecular weight is 450 g/mol. The van der Waals surface area contributed by atoms with Crippen molar-refractivity contribution in [1.82, 2.24) is 4.98 Å². The summed E-state index contributed by atoms with van der Waals surface area (Å²) in [5.41, 5.74) is 9.43. The maximum Gasteiger partial charge on any atom is 0.332 e. The maximum absolute atomic E-state index is 11.1. The van der Waals surface area contributed by atoms with Gasteiger partial charge in [0.25, 0.3) is 6.02 Å². The maximum atomic E-state index is 11.1. The van der Waals surface area contributed by atoms with Crippen LogP contribution in [0.1, 0.15) is 55.7 Å². The summed E-state index contributed by atoms with van der Waals surface area (Å²) in [6.07, 6.45) is 6.61. The Balaban J connectivity index is 1.80. The van der Waals surface area contributed by atoms with Crippen LogP contribution in [0.2, 0.25) is 0 Å². The minimum atomic E-state index is -2.61. The van der Waals surface area contributed by atoms with Crippen molar-refractivity contribution in [2.45, 2.75) is 57.5 Å². The molecule has 0 bridgehead atoms. The van der Waals surface area contributed by atoms with Crippen molar-refractivity contribution in [3.05, 3.63) is 53.3 Å². The lowest BCUT2D eigenvalue weighted by Gasteiger charge is -2.47. The predicted octanol–water partition coefficient (Wildman–Crippen LogP) is 3.13. The van der Waals surface area contributed by atoms with Crippen LogP contribution in [0.5, 0.6) is 0 Å². The van der Waals surface area contributed by atoms with Crippen molar-refractivity contribution in [2.75, 3.05) is 7.11 Å². The van der Waals surface area contributed by atoms with Gasteiger partial charge in [0.2, 0.25) is 0 Å². The van der Waals surface area contributed by atoms with Gasteiger partial charge >= 0.3 is 5.97 Å². The first-order valence-corrected chi connectivity index (χ1v) is 11.2. The Morgan fingerprint density at radius 3 is 2.73 bits per heavy atom. The lowest BCUT2D eigenvalue weighted by molar-refractivity contribution is -0.331. The molecule has 1 heterocycles. The Morgan fingerprint density at radius 2 is 2.06 bits per heavy atom. The molecular formula is C26H31N3O4. The number of amidine groups is 1. The number of aromatic nitrogens is 1. The topological polar surface area (TPSA) is 122 Å². The molecule has 0 aliphatic heterocycles. The molecule has 0 saturated heterocycles. The van der Waals surface area contributed by atoms with E-state index in [0.29, 0.717) is 6.42 Å². The molecule has 0 amide bonds. The van der Waals surface area contributed by atoms with Crippen molar-refractivity contribution in [2.24, 2.45) is 17.1 Å². The molecule has 2 aliphatic carbocycles. The van der Waals surface area contributed by atoms with Crippen LogP contribution in [-0.2, 0) is 15.9 Å². The second-order valence-electron chi connectivity index (χ2n) is 9.34. The van der Waals surface area contributed by atoms with E-state index >= 15 is 0 Å². The van der Waals surface area contributed by atoms with Crippen molar-refractivity contribution in [3.8, 4) is 23.0 Å². The molecule has 1 saturated carbocycles. The fourth-order valence-corrected chi connectivity index (χ4v) is 6.01. The number of pyridine rings is 1. The monoisotopic (exact) mass is 449 g/mol. The van der Waals surface area contributed by atoms with Gasteiger partial charge in [-0.15, -0.1) is 5.92 Å². The van der Waals surface area contributed by atoms with Crippen LogP contribution in [0.15, 0.2) is 36.7 Å². The zero-order valence-corrected chi connectivity index (χ0v) is 19.3. The summed E-state index contributed by atoms with van der Waals surface area (Å²) in [5.74, 6) is 2.77. The standard InChI is InChI=1S/C26H31N3O4/c1-4-5-17-10-20(15-29-14-17)18-6-7-19-13-25(9-8-22(32-3)16(2)12-25)23(21(19)11-18)26(30,31)33-24(27)28/h6-7,10-11,14-16,22-23,30-31H,8-9,12-13H2,1-3H3,(H3,27,28)/t16-,22-,23?,25-/m1/s1. The van der Waals surface area contributed by atoms with Crippen molar-refractivity contribution >= 4 is 6.02 Å². The molecule has 174 valence electrons. The number of hydrogen-bond acceptors (Lipinski definition) is 6. The Kier molecular flexibility index (Phi) is 6.19. The number of hydrogen-bond donors (Lipinski definition) is 4. The number of nitrogens with zero attached hydrogens (tertiary/aromatic N) is 1. The molecular weight excluding hydrogens is 418 g/mol. The van der Waals surface area contributed by atoms with E-state index in [4.69, 9.17) is 20.6 Å². The molecule has 33 heavy (non-hydrogen) atoms. The first kappa shape index (κ1) is 23.2. The number of ether oxygens (including phenoxy) is 2. The molecule has 7 heteroatoms. The van der Waals surface area contributed by atoms with Crippen LogP contribution in [0.25, 0.3) is 11.1 Å². The summed E-state index contributed by atoms with van der Waals surface area (Å²) >= 11 is 0. The highest BCUT2D eigenvalue weighted by Crippen LogP contribution is 2.60. The minimum absolute atomic E-state index is 0.129. The first-order chi connectivity index (χ1) is 15.7. The Bertz CT molecular complexity index is 1120. The van der Waals surface area contributed by atoms with Gasteiger partial charge in [0.15, 0.2) is 0 Å². The molecule has 0 radical (unpaired) electrons. The van der Waals surface area contributed by atoms with Crippen LogP contribution in [0.4, 0.5) is 0 Å². The Hall–Kier alpha value is -2.92. The molecule has 5 N–H and O–H groups in total. The highest BCUT2D eigenvalue weighted by molar-refractivity contribution is 5.69. The van der Waals surface area contributed by atoms with E-state index in [2.05, 4.69) is 23.7 Å². The number of nitrogens with two attached hydrogens (primary N) is 1. The van der Waals surface area contributed by atoms with Gasteiger partial charge < -0.3 is 25.4 Å². The van der Waals surface area contributed by atoms with Gasteiger partial charge in [0.1, 0.15) is 0 Å². The Morgan fingerprint density at radius 1 is 1.27 bits per heavy atom. The Labute approximate surface area is 194 Å². The molecule has 1 aromatic heterocycles. The number of rotatable bonds is 4. The fourth-order valence-electron chi connectivity index (χ4n) is 6.01. The van der Waals surface area contributed by atoms with Gasteiger partial charge in [-0.1, -0.05) is 31.0 Å². The van der Waals surface area contributed by atoms with Gasteiger partial charge in [-0.2, -0.15) is 0 Å². The van der Waals surface area contributed by atoms with Gasteiger partial charge in [-0.25, -0.2) is 0 Å². The number of nitrogens with one attached hydrogen (secondary N) is 1. The van der Waals surface area contributed by atoms with E-state index in [0.717, 1.165) is 47.1 Å². The van der Waals surface area contributed by atoms with Gasteiger partial charge in [0, 0.05) is 30.6 Å². The summed E-state index contributed by atoms with van der Waals surface area (Å²) in [4.78, 5) is 4.31. The number of methoxy groups -OCH3 is 1. The molecule has 4 atom stereocenters. The largest absolute Gasteiger partial charge is 0.407 e. The zero-order valence-electron chi connectivity index (χ0n) is 19.3. The second kappa shape index (κ2) is 8.79. The van der Waals surface area contributed by atoms with E-state index in [-0.39, 0.29) is 12.0 Å². The zero-order chi connectivity index (χ0) is 23.8. The van der Waals surface area contributed by atoms with Crippen LogP contribution < -0.4 is 5.73 Å². The van der Waals surface area contributed by atoms with Crippen molar-refractivity contribution in [1.29, 1.82) is 5.41 Å². The van der Waals surface area contributed by atoms with Crippen LogP contribution >= 0.6 is 0 Å². The first-order valence-electron chi connectivity index (χ1n) is 11.2. The third kappa shape index (κ3) is 4.34. The molecule has 1 spiro atoms. The third-order valence-electron chi connectivity index (χ3n) is 7.18. The van der Waals surface area contributed by atoms with Crippen LogP contribution in [-0.4, -0.2) is 40.4 Å². The van der Waals surface area contributed by atoms with Gasteiger partial charge in [-0.05, 0) is 66.7 Å². The molecule has 1 fully saturated rings. The van der Waals surface area contributed by atoms with Gasteiger partial charge in [-0.3, -0.25) is 10.4 Å². The molecule has 4 rings (SSSR count).